The Bertz CT molecular complexity index is 1040. The molecule has 3 aromatic rings. The third kappa shape index (κ3) is 4.15. The Kier molecular flexibility index (Phi) is 6.25. The lowest BCUT2D eigenvalue weighted by molar-refractivity contribution is -0.113. The Balaban J connectivity index is 1.81. The van der Waals surface area contributed by atoms with Crippen LogP contribution >= 0.6 is 23.1 Å². The molecule has 0 aliphatic rings. The van der Waals surface area contributed by atoms with E-state index in [0.29, 0.717) is 27.2 Å². The van der Waals surface area contributed by atoms with Gasteiger partial charge in [-0.3, -0.25) is 14.2 Å². The number of carbonyl (C=O) groups excluding carboxylic acids is 1. The maximum atomic E-state index is 12.7. The van der Waals surface area contributed by atoms with E-state index in [1.165, 1.54) is 27.7 Å². The van der Waals surface area contributed by atoms with Crippen LogP contribution < -0.4 is 10.9 Å². The molecule has 5 nitrogen and oxygen atoms in total. The second-order valence-electron chi connectivity index (χ2n) is 7.36. The standard InChI is InChI=1S/C21H25N3O2S2/c1-12(2)14-7-6-8-15(13(3)4)18(14)22-17(25)11-28-21-23-19-16(9-10-27-19)20(26)24(21)5/h6-10,12-13H,11H2,1-5H3,(H,22,25). The fraction of sp³-hybridized carbons (Fsp3) is 0.381. The third-order valence-corrected chi connectivity index (χ3v) is 6.47. The van der Waals surface area contributed by atoms with Crippen LogP contribution in [-0.2, 0) is 11.8 Å². The van der Waals surface area contributed by atoms with Gasteiger partial charge in [-0.1, -0.05) is 57.7 Å². The van der Waals surface area contributed by atoms with Gasteiger partial charge in [-0.2, -0.15) is 0 Å². The largest absolute Gasteiger partial charge is 0.325 e. The highest BCUT2D eigenvalue weighted by atomic mass is 32.2. The zero-order valence-corrected chi connectivity index (χ0v) is 18.4. The van der Waals surface area contributed by atoms with E-state index in [-0.39, 0.29) is 17.2 Å². The van der Waals surface area contributed by atoms with Crippen LogP contribution in [0.3, 0.4) is 0 Å². The van der Waals surface area contributed by atoms with Gasteiger partial charge in [0.1, 0.15) is 4.83 Å². The van der Waals surface area contributed by atoms with Gasteiger partial charge in [-0.15, -0.1) is 11.3 Å². The average molecular weight is 416 g/mol. The molecule has 0 atom stereocenters. The number of amides is 1. The summed E-state index contributed by atoms with van der Waals surface area (Å²) in [4.78, 5) is 30.3. The lowest BCUT2D eigenvalue weighted by atomic mass is 9.92. The van der Waals surface area contributed by atoms with E-state index in [2.05, 4.69) is 50.1 Å². The van der Waals surface area contributed by atoms with Crippen LogP contribution in [0.25, 0.3) is 10.2 Å². The topological polar surface area (TPSA) is 64.0 Å². The molecular weight excluding hydrogens is 390 g/mol. The molecule has 0 spiro atoms. The third-order valence-electron chi connectivity index (χ3n) is 4.63. The summed E-state index contributed by atoms with van der Waals surface area (Å²) in [5.74, 6) is 0.720. The molecule has 0 saturated carbocycles. The van der Waals surface area contributed by atoms with Crippen molar-refractivity contribution < 1.29 is 4.79 Å². The van der Waals surface area contributed by atoms with Crippen LogP contribution in [0.15, 0.2) is 39.6 Å². The van der Waals surface area contributed by atoms with Gasteiger partial charge in [0.2, 0.25) is 5.91 Å². The summed E-state index contributed by atoms with van der Waals surface area (Å²) < 4.78 is 1.51. The highest BCUT2D eigenvalue weighted by molar-refractivity contribution is 7.99. The summed E-state index contributed by atoms with van der Waals surface area (Å²) in [5, 5.41) is 6.13. The average Bonchev–Trinajstić information content (AvgIpc) is 3.12. The smallest absolute Gasteiger partial charge is 0.262 e. The molecule has 0 fully saturated rings. The van der Waals surface area contributed by atoms with Crippen molar-refractivity contribution in [2.75, 3.05) is 11.1 Å². The normalized spacial score (nSPS) is 11.5. The highest BCUT2D eigenvalue weighted by Crippen LogP contribution is 2.32. The number of hydrogen-bond donors (Lipinski definition) is 1. The number of anilines is 1. The first-order valence-electron chi connectivity index (χ1n) is 9.29. The Hall–Kier alpha value is -2.12. The van der Waals surface area contributed by atoms with Crippen molar-refractivity contribution >= 4 is 44.9 Å². The first-order valence-corrected chi connectivity index (χ1v) is 11.2. The van der Waals surface area contributed by atoms with Crippen molar-refractivity contribution in [1.29, 1.82) is 0 Å². The van der Waals surface area contributed by atoms with E-state index in [1.54, 1.807) is 13.1 Å². The fourth-order valence-corrected chi connectivity index (χ4v) is 4.69. The van der Waals surface area contributed by atoms with E-state index >= 15 is 0 Å². The maximum Gasteiger partial charge on any atom is 0.262 e. The molecule has 1 N–H and O–H groups in total. The number of thioether (sulfide) groups is 1. The monoisotopic (exact) mass is 415 g/mol. The van der Waals surface area contributed by atoms with Gasteiger partial charge < -0.3 is 5.32 Å². The molecule has 1 amide bonds. The van der Waals surface area contributed by atoms with E-state index in [1.807, 2.05) is 11.4 Å². The van der Waals surface area contributed by atoms with Crippen molar-refractivity contribution in [3.63, 3.8) is 0 Å². The zero-order chi connectivity index (χ0) is 20.4. The van der Waals surface area contributed by atoms with Crippen molar-refractivity contribution in [3.05, 3.63) is 51.1 Å². The Labute approximate surface area is 173 Å². The molecule has 1 aromatic carbocycles. The molecule has 0 radical (unpaired) electrons. The first kappa shape index (κ1) is 20.6. The van der Waals surface area contributed by atoms with Gasteiger partial charge >= 0.3 is 0 Å². The summed E-state index contributed by atoms with van der Waals surface area (Å²) in [5.41, 5.74) is 3.10. The first-order chi connectivity index (χ1) is 13.3. The predicted molar refractivity (Wildman–Crippen MR) is 119 cm³/mol. The number of nitrogens with zero attached hydrogens (tertiary/aromatic N) is 2. The Morgan fingerprint density at radius 1 is 1.18 bits per heavy atom. The minimum absolute atomic E-state index is 0.0820. The van der Waals surface area contributed by atoms with Crippen LogP contribution in [0.2, 0.25) is 0 Å². The molecule has 0 saturated heterocycles. The molecule has 2 heterocycles. The summed E-state index contributed by atoms with van der Waals surface area (Å²) >= 11 is 2.71. The molecule has 148 valence electrons. The van der Waals surface area contributed by atoms with Crippen molar-refractivity contribution in [1.82, 2.24) is 9.55 Å². The van der Waals surface area contributed by atoms with Crippen LogP contribution in [0.1, 0.15) is 50.7 Å². The quantitative estimate of drug-likeness (QED) is 0.456. The molecule has 0 unspecified atom stereocenters. The van der Waals surface area contributed by atoms with E-state index in [0.717, 1.165) is 16.8 Å². The van der Waals surface area contributed by atoms with Crippen molar-refractivity contribution in [2.45, 2.75) is 44.7 Å². The van der Waals surface area contributed by atoms with Crippen LogP contribution in [0, 0.1) is 0 Å². The summed E-state index contributed by atoms with van der Waals surface area (Å²) in [6, 6.07) is 7.96. The van der Waals surface area contributed by atoms with E-state index in [9.17, 15) is 9.59 Å². The molecule has 7 heteroatoms. The van der Waals surface area contributed by atoms with Crippen molar-refractivity contribution in [3.8, 4) is 0 Å². The number of hydrogen-bond acceptors (Lipinski definition) is 5. The van der Waals surface area contributed by atoms with Crippen molar-refractivity contribution in [2.24, 2.45) is 7.05 Å². The number of thiophene rings is 1. The number of benzene rings is 1. The SMILES string of the molecule is CC(C)c1cccc(C(C)C)c1NC(=O)CSc1nc2sccc2c(=O)n1C. The van der Waals surface area contributed by atoms with Crippen LogP contribution in [0.4, 0.5) is 5.69 Å². The molecule has 3 rings (SSSR count). The van der Waals surface area contributed by atoms with E-state index < -0.39 is 0 Å². The molecule has 0 aliphatic heterocycles. The maximum absolute atomic E-state index is 12.7. The number of nitrogens with one attached hydrogen (secondary N) is 1. The number of rotatable bonds is 6. The summed E-state index contributed by atoms with van der Waals surface area (Å²) in [6.45, 7) is 8.50. The number of fused-ring (bicyclic) bond motifs is 1. The second kappa shape index (κ2) is 8.49. The molecule has 0 aliphatic carbocycles. The van der Waals surface area contributed by atoms with Gasteiger partial charge in [0.05, 0.1) is 11.1 Å². The summed E-state index contributed by atoms with van der Waals surface area (Å²) in [7, 11) is 1.69. The van der Waals surface area contributed by atoms with Gasteiger partial charge in [0, 0.05) is 12.7 Å². The zero-order valence-electron chi connectivity index (χ0n) is 16.8. The number of aromatic nitrogens is 2. The highest BCUT2D eigenvalue weighted by Gasteiger charge is 2.17. The Morgan fingerprint density at radius 2 is 1.82 bits per heavy atom. The van der Waals surface area contributed by atoms with Gasteiger partial charge in [-0.05, 0) is 34.4 Å². The summed E-state index contributed by atoms with van der Waals surface area (Å²) in [6.07, 6.45) is 0. The molecule has 28 heavy (non-hydrogen) atoms. The number of carbonyl (C=O) groups is 1. The fourth-order valence-electron chi connectivity index (χ4n) is 3.11. The van der Waals surface area contributed by atoms with Crippen LogP contribution in [0.5, 0.6) is 0 Å². The lowest BCUT2D eigenvalue weighted by Gasteiger charge is -2.20. The second-order valence-corrected chi connectivity index (χ2v) is 9.19. The van der Waals surface area contributed by atoms with Gasteiger partial charge in [0.15, 0.2) is 5.16 Å². The van der Waals surface area contributed by atoms with Crippen LogP contribution in [-0.4, -0.2) is 21.2 Å². The number of para-hydroxylation sites is 1. The van der Waals surface area contributed by atoms with Gasteiger partial charge in [0.25, 0.3) is 5.56 Å². The molecule has 2 aromatic heterocycles. The van der Waals surface area contributed by atoms with E-state index in [4.69, 9.17) is 0 Å². The predicted octanol–water partition coefficient (Wildman–Crippen LogP) is 4.97. The molecule has 0 bridgehead atoms. The minimum Gasteiger partial charge on any atom is -0.325 e. The minimum atomic E-state index is -0.0967. The Morgan fingerprint density at radius 3 is 2.43 bits per heavy atom. The molecular formula is C21H25N3O2S2. The van der Waals surface area contributed by atoms with Gasteiger partial charge in [-0.25, -0.2) is 4.98 Å². The lowest BCUT2D eigenvalue weighted by Crippen LogP contribution is -2.21.